The van der Waals surface area contributed by atoms with Crippen LogP contribution in [0.4, 0.5) is 5.82 Å². The van der Waals surface area contributed by atoms with Crippen LogP contribution in [0.5, 0.6) is 0 Å². The molecule has 0 saturated carbocycles. The van der Waals surface area contributed by atoms with Gasteiger partial charge in [-0.25, -0.2) is 9.97 Å². The Morgan fingerprint density at radius 2 is 2.00 bits per heavy atom. The molecule has 2 rings (SSSR count). The van der Waals surface area contributed by atoms with Crippen LogP contribution in [0.1, 0.15) is 31.1 Å². The lowest BCUT2D eigenvalue weighted by atomic mass is 10.2. The van der Waals surface area contributed by atoms with Gasteiger partial charge in [0.2, 0.25) is 0 Å². The molecule has 0 aromatic carbocycles. The summed E-state index contributed by atoms with van der Waals surface area (Å²) in [7, 11) is 0. The Balaban J connectivity index is 2.24. The third-order valence-corrected chi connectivity index (χ3v) is 2.59. The number of nitrogens with one attached hydrogen (secondary N) is 1. The zero-order chi connectivity index (χ0) is 12.8. The lowest BCUT2D eigenvalue weighted by Gasteiger charge is -2.07. The van der Waals surface area contributed by atoms with Gasteiger partial charge in [-0.2, -0.15) is 0 Å². The molecule has 0 fully saturated rings. The molecule has 18 heavy (non-hydrogen) atoms. The zero-order valence-electron chi connectivity index (χ0n) is 10.8. The molecule has 0 unspecified atom stereocenters. The predicted molar refractivity (Wildman–Crippen MR) is 72.6 cm³/mol. The van der Waals surface area contributed by atoms with Crippen LogP contribution in [0.2, 0.25) is 0 Å². The zero-order valence-corrected chi connectivity index (χ0v) is 10.8. The van der Waals surface area contributed by atoms with Crippen molar-refractivity contribution in [2.75, 3.05) is 11.9 Å². The van der Waals surface area contributed by atoms with Crippen LogP contribution in [-0.4, -0.2) is 21.5 Å². The van der Waals surface area contributed by atoms with Crippen molar-refractivity contribution in [1.82, 2.24) is 15.0 Å². The van der Waals surface area contributed by atoms with Gasteiger partial charge in [0, 0.05) is 37.3 Å². The van der Waals surface area contributed by atoms with E-state index in [1.807, 2.05) is 30.5 Å². The topological polar surface area (TPSA) is 50.7 Å². The van der Waals surface area contributed by atoms with Crippen LogP contribution in [0.3, 0.4) is 0 Å². The molecule has 0 amide bonds. The van der Waals surface area contributed by atoms with E-state index in [0.717, 1.165) is 42.4 Å². The second-order valence-electron chi connectivity index (χ2n) is 4.04. The smallest absolute Gasteiger partial charge is 0.130 e. The normalized spacial score (nSPS) is 10.3. The number of rotatable bonds is 5. The van der Waals surface area contributed by atoms with Gasteiger partial charge >= 0.3 is 0 Å². The minimum atomic E-state index is 0.745. The van der Waals surface area contributed by atoms with Gasteiger partial charge in [-0.1, -0.05) is 13.0 Å². The average molecular weight is 242 g/mol. The Bertz CT molecular complexity index is 496. The first-order chi connectivity index (χ1) is 8.81. The molecule has 0 atom stereocenters. The molecule has 0 bridgehead atoms. The predicted octanol–water partition coefficient (Wildman–Crippen LogP) is 2.46. The van der Waals surface area contributed by atoms with Crippen molar-refractivity contribution < 1.29 is 0 Å². The summed E-state index contributed by atoms with van der Waals surface area (Å²) < 4.78 is 0. The number of aryl methyl sites for hydroxylation is 1. The standard InChI is InChI=1S/C14H18N4/c1-3-13-17-12(10-14(18-13)15-4-2)9-11-7-5-6-8-16-11/h5-8,10H,3-4,9H2,1-2H3,(H,15,17,18). The highest BCUT2D eigenvalue weighted by atomic mass is 15.0. The van der Waals surface area contributed by atoms with Crippen LogP contribution >= 0.6 is 0 Å². The Kier molecular flexibility index (Phi) is 4.23. The molecule has 0 saturated heterocycles. The lowest BCUT2D eigenvalue weighted by Crippen LogP contribution is -2.06. The molecule has 0 radical (unpaired) electrons. The maximum atomic E-state index is 4.54. The highest BCUT2D eigenvalue weighted by Gasteiger charge is 2.04. The molecule has 4 nitrogen and oxygen atoms in total. The summed E-state index contributed by atoms with van der Waals surface area (Å²) in [6.45, 7) is 4.99. The van der Waals surface area contributed by atoms with Crippen LogP contribution in [0.15, 0.2) is 30.5 Å². The van der Waals surface area contributed by atoms with Gasteiger partial charge in [0.25, 0.3) is 0 Å². The van der Waals surface area contributed by atoms with Crippen molar-refractivity contribution in [3.8, 4) is 0 Å². The van der Waals surface area contributed by atoms with E-state index in [0.29, 0.717) is 0 Å². The molecule has 0 aliphatic rings. The van der Waals surface area contributed by atoms with E-state index in [2.05, 4.69) is 34.1 Å². The summed E-state index contributed by atoms with van der Waals surface area (Å²) in [6.07, 6.45) is 3.39. The van der Waals surface area contributed by atoms with Crippen molar-refractivity contribution in [3.05, 3.63) is 47.7 Å². The molecular formula is C14H18N4. The molecule has 1 N–H and O–H groups in total. The van der Waals surface area contributed by atoms with Crippen LogP contribution in [-0.2, 0) is 12.8 Å². The maximum Gasteiger partial charge on any atom is 0.130 e. The summed E-state index contributed by atoms with van der Waals surface area (Å²) in [5, 5.41) is 3.24. The number of nitrogens with zero attached hydrogens (tertiary/aromatic N) is 3. The van der Waals surface area contributed by atoms with E-state index in [4.69, 9.17) is 0 Å². The first kappa shape index (κ1) is 12.5. The quantitative estimate of drug-likeness (QED) is 0.875. The molecular weight excluding hydrogens is 224 g/mol. The summed E-state index contributed by atoms with van der Waals surface area (Å²) in [6, 6.07) is 7.93. The van der Waals surface area contributed by atoms with E-state index in [1.54, 1.807) is 0 Å². The van der Waals surface area contributed by atoms with Gasteiger partial charge in [-0.15, -0.1) is 0 Å². The SMILES string of the molecule is CCNc1cc(Cc2ccccn2)nc(CC)n1. The Morgan fingerprint density at radius 1 is 1.11 bits per heavy atom. The maximum absolute atomic E-state index is 4.54. The molecule has 2 aromatic rings. The molecule has 0 aliphatic carbocycles. The average Bonchev–Trinajstić information content (AvgIpc) is 2.40. The van der Waals surface area contributed by atoms with E-state index < -0.39 is 0 Å². The molecule has 4 heteroatoms. The number of anilines is 1. The molecule has 0 aliphatic heterocycles. The number of pyridine rings is 1. The molecule has 0 spiro atoms. The fourth-order valence-corrected chi connectivity index (χ4v) is 1.76. The largest absolute Gasteiger partial charge is 0.370 e. The van der Waals surface area contributed by atoms with Gasteiger partial charge in [-0.3, -0.25) is 4.98 Å². The second-order valence-corrected chi connectivity index (χ2v) is 4.04. The van der Waals surface area contributed by atoms with E-state index in [9.17, 15) is 0 Å². The van der Waals surface area contributed by atoms with Crippen LogP contribution in [0, 0.1) is 0 Å². The third-order valence-electron chi connectivity index (χ3n) is 2.59. The van der Waals surface area contributed by atoms with Gasteiger partial charge in [0.05, 0.1) is 5.69 Å². The summed E-state index contributed by atoms with van der Waals surface area (Å²) >= 11 is 0. The fourth-order valence-electron chi connectivity index (χ4n) is 1.76. The van der Waals surface area contributed by atoms with Crippen LogP contribution in [0.25, 0.3) is 0 Å². The Morgan fingerprint density at radius 3 is 2.67 bits per heavy atom. The highest BCUT2D eigenvalue weighted by Crippen LogP contribution is 2.11. The molecule has 2 aromatic heterocycles. The van der Waals surface area contributed by atoms with Crippen molar-refractivity contribution in [2.24, 2.45) is 0 Å². The lowest BCUT2D eigenvalue weighted by molar-refractivity contribution is 0.887. The highest BCUT2D eigenvalue weighted by molar-refractivity contribution is 5.37. The van der Waals surface area contributed by atoms with Gasteiger partial charge < -0.3 is 5.32 Å². The Hall–Kier alpha value is -1.97. The van der Waals surface area contributed by atoms with E-state index in [-0.39, 0.29) is 0 Å². The first-order valence-corrected chi connectivity index (χ1v) is 6.32. The minimum Gasteiger partial charge on any atom is -0.370 e. The van der Waals surface area contributed by atoms with Gasteiger partial charge in [-0.05, 0) is 19.1 Å². The number of aromatic nitrogens is 3. The first-order valence-electron chi connectivity index (χ1n) is 6.32. The second kappa shape index (κ2) is 6.10. The summed E-state index contributed by atoms with van der Waals surface area (Å²) in [5.41, 5.74) is 2.04. The third kappa shape index (κ3) is 3.26. The van der Waals surface area contributed by atoms with Gasteiger partial charge in [0.1, 0.15) is 11.6 Å². The van der Waals surface area contributed by atoms with Gasteiger partial charge in [0.15, 0.2) is 0 Å². The monoisotopic (exact) mass is 242 g/mol. The van der Waals surface area contributed by atoms with Crippen molar-refractivity contribution in [3.63, 3.8) is 0 Å². The molecule has 94 valence electrons. The van der Waals surface area contributed by atoms with Crippen molar-refractivity contribution >= 4 is 5.82 Å². The van der Waals surface area contributed by atoms with E-state index >= 15 is 0 Å². The fraction of sp³-hybridized carbons (Fsp3) is 0.357. The summed E-state index contributed by atoms with van der Waals surface area (Å²) in [5.74, 6) is 1.77. The number of hydrogen-bond donors (Lipinski definition) is 1. The number of hydrogen-bond acceptors (Lipinski definition) is 4. The van der Waals surface area contributed by atoms with Crippen molar-refractivity contribution in [1.29, 1.82) is 0 Å². The minimum absolute atomic E-state index is 0.745. The molecule has 2 heterocycles. The Labute approximate surface area is 108 Å². The van der Waals surface area contributed by atoms with E-state index in [1.165, 1.54) is 0 Å². The van der Waals surface area contributed by atoms with Crippen LogP contribution < -0.4 is 5.32 Å². The van der Waals surface area contributed by atoms with Crippen molar-refractivity contribution in [2.45, 2.75) is 26.7 Å². The summed E-state index contributed by atoms with van der Waals surface area (Å²) in [4.78, 5) is 13.3.